The zero-order chi connectivity index (χ0) is 20.3. The van der Waals surface area contributed by atoms with Gasteiger partial charge in [0.2, 0.25) is 0 Å². The number of alkyl carbamates (subject to hydrolysis) is 1. The van der Waals surface area contributed by atoms with Gasteiger partial charge >= 0.3 is 6.09 Å². The topological polar surface area (TPSA) is 107 Å². The van der Waals surface area contributed by atoms with Crippen LogP contribution in [0.2, 0.25) is 0 Å². The lowest BCUT2D eigenvalue weighted by Crippen LogP contribution is -2.40. The van der Waals surface area contributed by atoms with E-state index in [-0.39, 0.29) is 29.8 Å². The fourth-order valence-electron chi connectivity index (χ4n) is 4.69. The Balaban J connectivity index is 1.50. The zero-order valence-corrected chi connectivity index (χ0v) is 16.5. The number of carbonyl (C=O) groups excluding carboxylic acids is 2. The molecule has 1 aliphatic carbocycles. The van der Waals surface area contributed by atoms with Crippen molar-refractivity contribution in [1.82, 2.24) is 10.3 Å². The molecule has 1 saturated carbocycles. The van der Waals surface area contributed by atoms with Gasteiger partial charge in [-0.3, -0.25) is 4.79 Å². The van der Waals surface area contributed by atoms with Crippen molar-refractivity contribution in [3.05, 3.63) is 30.0 Å². The molecule has 8 nitrogen and oxygen atoms in total. The third kappa shape index (κ3) is 3.12. The number of nitrogens with one attached hydrogen (secondary N) is 1. The van der Waals surface area contributed by atoms with Gasteiger partial charge in [-0.15, -0.1) is 0 Å². The van der Waals surface area contributed by atoms with Crippen LogP contribution in [0, 0.1) is 5.41 Å². The van der Waals surface area contributed by atoms with Crippen LogP contribution in [0.25, 0.3) is 10.8 Å². The van der Waals surface area contributed by atoms with E-state index in [1.807, 2.05) is 12.1 Å². The summed E-state index contributed by atoms with van der Waals surface area (Å²) in [6.45, 7) is 5.60. The smallest absolute Gasteiger partial charge is 0.407 e. The van der Waals surface area contributed by atoms with Crippen LogP contribution in [0.4, 0.5) is 10.6 Å². The fraction of sp³-hybridized carbons (Fsp3) is 0.476. The van der Waals surface area contributed by atoms with E-state index < -0.39 is 5.91 Å². The molecule has 3 N–H and O–H groups in total. The molecule has 3 fully saturated rings. The monoisotopic (exact) mass is 396 g/mol. The van der Waals surface area contributed by atoms with Crippen molar-refractivity contribution in [2.45, 2.75) is 44.9 Å². The average molecular weight is 396 g/mol. The second-order valence-corrected chi connectivity index (χ2v) is 8.98. The maximum absolute atomic E-state index is 12.0. The molecule has 0 radical (unpaired) electrons. The van der Waals surface area contributed by atoms with E-state index in [9.17, 15) is 9.59 Å². The minimum atomic E-state index is -0.509. The number of anilines is 1. The molecule has 152 valence electrons. The van der Waals surface area contributed by atoms with Gasteiger partial charge in [-0.25, -0.2) is 9.78 Å². The van der Waals surface area contributed by atoms with Crippen molar-refractivity contribution < 1.29 is 19.1 Å². The number of rotatable bonds is 4. The largest absolute Gasteiger partial charge is 0.490 e. The summed E-state index contributed by atoms with van der Waals surface area (Å²) in [4.78, 5) is 30.1. The van der Waals surface area contributed by atoms with Crippen molar-refractivity contribution in [3.8, 4) is 5.75 Å². The van der Waals surface area contributed by atoms with Crippen LogP contribution in [0.15, 0.2) is 24.4 Å². The standard InChI is InChI=1S/C21H24N4O4/c1-21(2)7-12(8-21)28-16-6-13-11(5-14(16)18(22)26)3-4-23-19(13)25-9-15-17(10-25)29-20(27)24-15/h3-6,12,15,17H,7-10H2,1-2H3,(H2,22,26)(H,24,27)/t15-,17+/m1/s1. The summed E-state index contributed by atoms with van der Waals surface area (Å²) in [7, 11) is 0. The number of pyridine rings is 1. The predicted octanol–water partition coefficient (Wildman–Crippen LogP) is 2.20. The van der Waals surface area contributed by atoms with E-state index in [1.165, 1.54) is 0 Å². The number of amides is 2. The molecule has 0 unspecified atom stereocenters. The summed E-state index contributed by atoms with van der Waals surface area (Å²) >= 11 is 0. The molecule has 1 aromatic carbocycles. The first kappa shape index (κ1) is 18.0. The highest BCUT2D eigenvalue weighted by molar-refractivity contribution is 6.03. The van der Waals surface area contributed by atoms with Crippen molar-refractivity contribution >= 4 is 28.6 Å². The van der Waals surface area contributed by atoms with E-state index in [0.29, 0.717) is 24.4 Å². The molecule has 0 bridgehead atoms. The Kier molecular flexibility index (Phi) is 3.88. The highest BCUT2D eigenvalue weighted by Crippen LogP contribution is 2.43. The van der Waals surface area contributed by atoms with Crippen LogP contribution in [-0.2, 0) is 4.74 Å². The average Bonchev–Trinajstić information content (AvgIpc) is 3.16. The minimum Gasteiger partial charge on any atom is -0.490 e. The van der Waals surface area contributed by atoms with Crippen LogP contribution in [0.1, 0.15) is 37.0 Å². The molecular weight excluding hydrogens is 372 g/mol. The number of aromatic nitrogens is 1. The highest BCUT2D eigenvalue weighted by atomic mass is 16.6. The molecule has 29 heavy (non-hydrogen) atoms. The quantitative estimate of drug-likeness (QED) is 0.821. The molecule has 3 aliphatic rings. The molecule has 0 spiro atoms. The highest BCUT2D eigenvalue weighted by Gasteiger charge is 2.43. The molecular formula is C21H24N4O4. The SMILES string of the molecule is CC1(C)CC(Oc2cc3c(N4C[C@@H]5OC(=O)N[C@@H]5C4)nccc3cc2C(N)=O)C1. The first-order chi connectivity index (χ1) is 13.8. The first-order valence-electron chi connectivity index (χ1n) is 9.90. The van der Waals surface area contributed by atoms with Gasteiger partial charge < -0.3 is 25.4 Å². The Labute approximate surface area is 168 Å². The number of hydrogen-bond acceptors (Lipinski definition) is 6. The Morgan fingerprint density at radius 3 is 2.83 bits per heavy atom. The van der Waals surface area contributed by atoms with Gasteiger partial charge in [-0.2, -0.15) is 0 Å². The number of nitrogens with zero attached hydrogens (tertiary/aromatic N) is 2. The molecule has 2 aliphatic heterocycles. The molecule has 2 amide bonds. The summed E-state index contributed by atoms with van der Waals surface area (Å²) in [6, 6.07) is 5.46. The molecule has 3 heterocycles. The molecule has 5 rings (SSSR count). The Bertz CT molecular complexity index is 997. The Morgan fingerprint density at radius 1 is 1.34 bits per heavy atom. The van der Waals surface area contributed by atoms with E-state index in [2.05, 4.69) is 29.0 Å². The third-order valence-electron chi connectivity index (χ3n) is 6.09. The minimum absolute atomic E-state index is 0.0441. The van der Waals surface area contributed by atoms with Gasteiger partial charge in [-0.1, -0.05) is 13.8 Å². The van der Waals surface area contributed by atoms with E-state index in [0.717, 1.165) is 29.4 Å². The molecule has 2 saturated heterocycles. The Morgan fingerprint density at radius 2 is 2.14 bits per heavy atom. The number of benzene rings is 1. The number of ether oxygens (including phenoxy) is 2. The third-order valence-corrected chi connectivity index (χ3v) is 6.09. The van der Waals surface area contributed by atoms with Crippen LogP contribution < -0.4 is 20.7 Å². The zero-order valence-electron chi connectivity index (χ0n) is 16.5. The molecule has 8 heteroatoms. The van der Waals surface area contributed by atoms with Crippen LogP contribution >= 0.6 is 0 Å². The van der Waals surface area contributed by atoms with Gasteiger partial charge in [0, 0.05) is 18.1 Å². The number of primary amides is 1. The number of hydrogen-bond donors (Lipinski definition) is 2. The summed E-state index contributed by atoms with van der Waals surface area (Å²) in [5, 5.41) is 4.59. The fourth-order valence-corrected chi connectivity index (χ4v) is 4.69. The van der Waals surface area contributed by atoms with Crippen LogP contribution in [0.5, 0.6) is 5.75 Å². The summed E-state index contributed by atoms with van der Waals surface area (Å²) in [6.07, 6.45) is 3.12. The van der Waals surface area contributed by atoms with Crippen molar-refractivity contribution in [3.63, 3.8) is 0 Å². The second kappa shape index (κ2) is 6.23. The van der Waals surface area contributed by atoms with Gasteiger partial charge in [0.25, 0.3) is 5.91 Å². The van der Waals surface area contributed by atoms with E-state index in [1.54, 1.807) is 12.3 Å². The van der Waals surface area contributed by atoms with Crippen molar-refractivity contribution in [2.75, 3.05) is 18.0 Å². The van der Waals surface area contributed by atoms with Gasteiger partial charge in [0.05, 0.1) is 24.3 Å². The Hall–Kier alpha value is -3.03. The van der Waals surface area contributed by atoms with Gasteiger partial charge in [-0.05, 0) is 41.8 Å². The number of nitrogens with two attached hydrogens (primary N) is 1. The number of fused-ring (bicyclic) bond motifs is 2. The first-order valence-corrected chi connectivity index (χ1v) is 9.90. The van der Waals surface area contributed by atoms with Crippen molar-refractivity contribution in [2.24, 2.45) is 11.1 Å². The van der Waals surface area contributed by atoms with E-state index >= 15 is 0 Å². The maximum atomic E-state index is 12.0. The lowest BCUT2D eigenvalue weighted by atomic mass is 9.70. The summed E-state index contributed by atoms with van der Waals surface area (Å²) < 4.78 is 11.5. The van der Waals surface area contributed by atoms with E-state index in [4.69, 9.17) is 15.2 Å². The van der Waals surface area contributed by atoms with Gasteiger partial charge in [0.1, 0.15) is 17.7 Å². The van der Waals surface area contributed by atoms with Crippen molar-refractivity contribution in [1.29, 1.82) is 0 Å². The second-order valence-electron chi connectivity index (χ2n) is 8.98. The van der Waals surface area contributed by atoms with Crippen LogP contribution in [0.3, 0.4) is 0 Å². The molecule has 2 atom stereocenters. The lowest BCUT2D eigenvalue weighted by Gasteiger charge is -2.42. The molecule has 1 aromatic heterocycles. The molecule has 2 aromatic rings. The van der Waals surface area contributed by atoms with Gasteiger partial charge in [0.15, 0.2) is 0 Å². The summed E-state index contributed by atoms with van der Waals surface area (Å²) in [5.74, 6) is 0.777. The predicted molar refractivity (Wildman–Crippen MR) is 107 cm³/mol. The summed E-state index contributed by atoms with van der Waals surface area (Å²) in [5.41, 5.74) is 6.27. The normalized spacial score (nSPS) is 25.3. The number of carbonyl (C=O) groups is 2. The van der Waals surface area contributed by atoms with Crippen LogP contribution in [-0.4, -0.2) is 48.3 Å². The lowest BCUT2D eigenvalue weighted by molar-refractivity contribution is 0.0102. The maximum Gasteiger partial charge on any atom is 0.407 e.